The van der Waals surface area contributed by atoms with Crippen LogP contribution in [0.4, 0.5) is 0 Å². The van der Waals surface area contributed by atoms with Crippen LogP contribution < -0.4 is 25.1 Å². The highest BCUT2D eigenvalue weighted by Crippen LogP contribution is 2.16. The Kier molecular flexibility index (Phi) is 7.05. The fourth-order valence-electron chi connectivity index (χ4n) is 1.91. The first-order valence-corrected chi connectivity index (χ1v) is 7.82. The molecule has 0 heterocycles. The molecule has 7 nitrogen and oxygen atoms in total. The third-order valence-corrected chi connectivity index (χ3v) is 3.23. The van der Waals surface area contributed by atoms with Crippen molar-refractivity contribution in [2.45, 2.75) is 0 Å². The van der Waals surface area contributed by atoms with Gasteiger partial charge in [0.15, 0.2) is 6.61 Å². The average molecular weight is 356 g/mol. The Labute approximate surface area is 151 Å². The lowest BCUT2D eigenvalue weighted by Gasteiger charge is -2.09. The van der Waals surface area contributed by atoms with Crippen LogP contribution in [-0.2, 0) is 4.79 Å². The fraction of sp³-hybridized carbons (Fsp3) is 0.158. The number of nitrogens with one attached hydrogen (secondary N) is 2. The maximum Gasteiger partial charge on any atom is 0.276 e. The molecule has 2 N–H and O–H groups in total. The Balaban J connectivity index is 1.75. The quantitative estimate of drug-likeness (QED) is 0.559. The van der Waals surface area contributed by atoms with Crippen LogP contribution in [0.2, 0.25) is 0 Å². The predicted octanol–water partition coefficient (Wildman–Crippen LogP) is 2.10. The summed E-state index contributed by atoms with van der Waals surface area (Å²) in [7, 11) is 1.56. The molecule has 0 fully saturated rings. The number of amides is 2. The van der Waals surface area contributed by atoms with Gasteiger partial charge in [-0.2, -0.15) is 0 Å². The summed E-state index contributed by atoms with van der Waals surface area (Å²) in [6, 6.07) is 13.3. The van der Waals surface area contributed by atoms with E-state index < -0.39 is 11.8 Å². The summed E-state index contributed by atoms with van der Waals surface area (Å²) in [5.74, 6) is 0.897. The van der Waals surface area contributed by atoms with E-state index in [1.54, 1.807) is 61.7 Å². The minimum atomic E-state index is -0.486. The first-order valence-electron chi connectivity index (χ1n) is 7.82. The van der Waals surface area contributed by atoms with Crippen molar-refractivity contribution in [3.05, 3.63) is 66.7 Å². The molecule has 2 aromatic rings. The fourth-order valence-corrected chi connectivity index (χ4v) is 1.91. The molecule has 7 heteroatoms. The van der Waals surface area contributed by atoms with Crippen LogP contribution in [0.1, 0.15) is 10.4 Å². The van der Waals surface area contributed by atoms with Gasteiger partial charge < -0.3 is 14.2 Å². The molecule has 0 saturated carbocycles. The molecule has 26 heavy (non-hydrogen) atoms. The Morgan fingerprint density at radius 3 is 2.12 bits per heavy atom. The second-order valence-electron chi connectivity index (χ2n) is 5.09. The Hall–Kier alpha value is -3.48. The van der Waals surface area contributed by atoms with E-state index >= 15 is 0 Å². The molecule has 2 amide bonds. The highest BCUT2D eigenvalue weighted by molar-refractivity contribution is 5.95. The standard InChI is InChI=1S/C19H20N2O5/c1-3-12-25-16-6-4-14(5-7-16)19(23)21-20-18(22)13-26-17-10-8-15(24-2)9-11-17/h3-11H,1,12-13H2,2H3,(H,20,22)(H,21,23). The number of benzene rings is 2. The normalized spacial score (nSPS) is 9.73. The van der Waals surface area contributed by atoms with E-state index in [0.29, 0.717) is 29.4 Å². The maximum atomic E-state index is 12.0. The summed E-state index contributed by atoms with van der Waals surface area (Å²) >= 11 is 0. The molecule has 0 aliphatic rings. The van der Waals surface area contributed by atoms with Crippen molar-refractivity contribution in [3.8, 4) is 17.2 Å². The largest absolute Gasteiger partial charge is 0.497 e. The first kappa shape index (κ1) is 18.9. The van der Waals surface area contributed by atoms with Gasteiger partial charge in [-0.25, -0.2) is 0 Å². The Bertz CT molecular complexity index is 742. The number of carbonyl (C=O) groups excluding carboxylic acids is 2. The summed E-state index contributed by atoms with van der Waals surface area (Å²) in [4.78, 5) is 23.7. The molecular weight excluding hydrogens is 336 g/mol. The molecule has 0 spiro atoms. The number of hydrogen-bond acceptors (Lipinski definition) is 5. The molecule has 0 bridgehead atoms. The van der Waals surface area contributed by atoms with Crippen LogP contribution in [0.5, 0.6) is 17.2 Å². The zero-order chi connectivity index (χ0) is 18.8. The van der Waals surface area contributed by atoms with Crippen molar-refractivity contribution < 1.29 is 23.8 Å². The van der Waals surface area contributed by atoms with E-state index in [2.05, 4.69) is 17.4 Å². The van der Waals surface area contributed by atoms with Crippen molar-refractivity contribution in [2.75, 3.05) is 20.3 Å². The number of methoxy groups -OCH3 is 1. The summed E-state index contributed by atoms with van der Waals surface area (Å²) in [5.41, 5.74) is 4.99. The van der Waals surface area contributed by atoms with Crippen molar-refractivity contribution in [1.82, 2.24) is 10.9 Å². The van der Waals surface area contributed by atoms with Gasteiger partial charge in [-0.15, -0.1) is 0 Å². The third kappa shape index (κ3) is 5.86. The molecule has 0 aliphatic heterocycles. The van der Waals surface area contributed by atoms with E-state index in [0.717, 1.165) is 0 Å². The number of hydrazine groups is 1. The monoisotopic (exact) mass is 356 g/mol. The smallest absolute Gasteiger partial charge is 0.276 e. The van der Waals surface area contributed by atoms with Gasteiger partial charge in [0.05, 0.1) is 7.11 Å². The summed E-state index contributed by atoms with van der Waals surface area (Å²) in [6.07, 6.45) is 1.63. The zero-order valence-electron chi connectivity index (χ0n) is 14.4. The summed E-state index contributed by atoms with van der Waals surface area (Å²) in [5, 5.41) is 0. The van der Waals surface area contributed by atoms with Gasteiger partial charge in [-0.3, -0.25) is 20.4 Å². The topological polar surface area (TPSA) is 85.9 Å². The minimum absolute atomic E-state index is 0.235. The predicted molar refractivity (Wildman–Crippen MR) is 96.2 cm³/mol. The number of carbonyl (C=O) groups is 2. The molecule has 0 saturated heterocycles. The second kappa shape index (κ2) is 9.73. The average Bonchev–Trinajstić information content (AvgIpc) is 2.69. The molecule has 0 aliphatic carbocycles. The van der Waals surface area contributed by atoms with Crippen LogP contribution in [0.15, 0.2) is 61.2 Å². The molecule has 0 aromatic heterocycles. The van der Waals surface area contributed by atoms with Gasteiger partial charge in [0.1, 0.15) is 23.9 Å². The van der Waals surface area contributed by atoms with Gasteiger partial charge in [0.25, 0.3) is 11.8 Å². The third-order valence-electron chi connectivity index (χ3n) is 3.23. The Morgan fingerprint density at radius 2 is 1.50 bits per heavy atom. The lowest BCUT2D eigenvalue weighted by molar-refractivity contribution is -0.123. The van der Waals surface area contributed by atoms with E-state index in [1.165, 1.54) is 0 Å². The van der Waals surface area contributed by atoms with Crippen molar-refractivity contribution in [2.24, 2.45) is 0 Å². The second-order valence-corrected chi connectivity index (χ2v) is 5.09. The number of hydrogen-bond donors (Lipinski definition) is 2. The van der Waals surface area contributed by atoms with Crippen molar-refractivity contribution in [3.63, 3.8) is 0 Å². The maximum absolute atomic E-state index is 12.0. The highest BCUT2D eigenvalue weighted by atomic mass is 16.5. The van der Waals surface area contributed by atoms with Crippen LogP contribution in [0, 0.1) is 0 Å². The molecule has 2 rings (SSSR count). The van der Waals surface area contributed by atoms with E-state index in [-0.39, 0.29) is 6.61 Å². The van der Waals surface area contributed by atoms with Gasteiger partial charge in [-0.05, 0) is 48.5 Å². The van der Waals surface area contributed by atoms with Gasteiger partial charge in [0, 0.05) is 5.56 Å². The van der Waals surface area contributed by atoms with Crippen LogP contribution in [-0.4, -0.2) is 32.1 Å². The lowest BCUT2D eigenvalue weighted by atomic mass is 10.2. The van der Waals surface area contributed by atoms with Gasteiger partial charge >= 0.3 is 0 Å². The number of ether oxygens (including phenoxy) is 3. The van der Waals surface area contributed by atoms with Crippen LogP contribution in [0.3, 0.4) is 0 Å². The highest BCUT2D eigenvalue weighted by Gasteiger charge is 2.08. The van der Waals surface area contributed by atoms with E-state index in [9.17, 15) is 9.59 Å². The van der Waals surface area contributed by atoms with Gasteiger partial charge in [-0.1, -0.05) is 12.7 Å². The molecule has 0 radical (unpaired) electrons. The summed E-state index contributed by atoms with van der Waals surface area (Å²) in [6.45, 7) is 3.71. The van der Waals surface area contributed by atoms with E-state index in [1.807, 2.05) is 0 Å². The molecule has 136 valence electrons. The first-order chi connectivity index (χ1) is 12.6. The molecule has 0 atom stereocenters. The summed E-state index contributed by atoms with van der Waals surface area (Å²) < 4.78 is 15.7. The number of rotatable bonds is 8. The SMILES string of the molecule is C=CCOc1ccc(C(=O)NNC(=O)COc2ccc(OC)cc2)cc1. The van der Waals surface area contributed by atoms with Gasteiger partial charge in [0.2, 0.25) is 0 Å². The molecule has 0 unspecified atom stereocenters. The lowest BCUT2D eigenvalue weighted by Crippen LogP contribution is -2.43. The van der Waals surface area contributed by atoms with E-state index in [4.69, 9.17) is 14.2 Å². The Morgan fingerprint density at radius 1 is 0.923 bits per heavy atom. The molecule has 2 aromatic carbocycles. The minimum Gasteiger partial charge on any atom is -0.497 e. The van der Waals surface area contributed by atoms with Crippen molar-refractivity contribution in [1.29, 1.82) is 0 Å². The zero-order valence-corrected chi connectivity index (χ0v) is 14.4. The van der Waals surface area contributed by atoms with Crippen LogP contribution >= 0.6 is 0 Å². The molecular formula is C19H20N2O5. The van der Waals surface area contributed by atoms with Crippen LogP contribution in [0.25, 0.3) is 0 Å². The van der Waals surface area contributed by atoms with Crippen molar-refractivity contribution >= 4 is 11.8 Å².